The molecule has 1 fully saturated rings. The molecule has 8 heteroatoms. The van der Waals surface area contributed by atoms with E-state index in [2.05, 4.69) is 31.9 Å². The van der Waals surface area contributed by atoms with Crippen molar-refractivity contribution in [2.75, 3.05) is 6.54 Å². The molecule has 140 valence electrons. The van der Waals surface area contributed by atoms with Crippen LogP contribution in [-0.2, 0) is 11.4 Å². The van der Waals surface area contributed by atoms with Gasteiger partial charge < -0.3 is 4.74 Å². The highest BCUT2D eigenvalue weighted by atomic mass is 79.9. The normalized spacial score (nSPS) is 15.7. The van der Waals surface area contributed by atoms with Crippen LogP contribution < -0.4 is 4.74 Å². The van der Waals surface area contributed by atoms with E-state index in [1.54, 1.807) is 4.90 Å². The van der Waals surface area contributed by atoms with Crippen LogP contribution in [0.4, 0.5) is 0 Å². The highest BCUT2D eigenvalue weighted by molar-refractivity contribution is 9.11. The fraction of sp³-hybridized carbons (Fsp3) is 0.158. The monoisotopic (exact) mass is 545 g/mol. The van der Waals surface area contributed by atoms with Crippen molar-refractivity contribution in [2.24, 2.45) is 0 Å². The maximum absolute atomic E-state index is 12.4. The number of hydrogen-bond acceptors (Lipinski definition) is 4. The van der Waals surface area contributed by atoms with E-state index >= 15 is 0 Å². The van der Waals surface area contributed by atoms with E-state index in [0.717, 1.165) is 20.1 Å². The fourth-order valence-electron chi connectivity index (χ4n) is 2.46. The Labute approximate surface area is 189 Å². The summed E-state index contributed by atoms with van der Waals surface area (Å²) in [5.41, 5.74) is 1.90. The van der Waals surface area contributed by atoms with Crippen molar-refractivity contribution in [2.45, 2.75) is 13.5 Å². The fourth-order valence-corrected chi connectivity index (χ4v) is 5.42. The van der Waals surface area contributed by atoms with Gasteiger partial charge in [-0.1, -0.05) is 47.7 Å². The molecule has 1 saturated heterocycles. The van der Waals surface area contributed by atoms with Crippen LogP contribution in [0, 0.1) is 0 Å². The number of hydrogen-bond donors (Lipinski definition) is 0. The average molecular weight is 548 g/mol. The number of halogens is 3. The molecular weight excluding hydrogens is 534 g/mol. The first kappa shape index (κ1) is 20.9. The van der Waals surface area contributed by atoms with E-state index in [4.69, 9.17) is 28.6 Å². The van der Waals surface area contributed by atoms with E-state index in [9.17, 15) is 4.79 Å². The van der Waals surface area contributed by atoms with Gasteiger partial charge in [0.05, 0.1) is 13.9 Å². The number of rotatable bonds is 5. The minimum atomic E-state index is -0.0530. The second-order valence-corrected chi connectivity index (χ2v) is 9.48. The Kier molecular flexibility index (Phi) is 7.03. The molecular formula is C19H14Br2ClNO2S2. The highest BCUT2D eigenvalue weighted by Crippen LogP contribution is 2.38. The molecule has 1 heterocycles. The molecule has 3 nitrogen and oxygen atoms in total. The molecule has 0 aromatic heterocycles. The summed E-state index contributed by atoms with van der Waals surface area (Å²) in [6.45, 7) is 2.91. The molecule has 0 aliphatic carbocycles. The van der Waals surface area contributed by atoms with Crippen LogP contribution in [0.3, 0.4) is 0 Å². The van der Waals surface area contributed by atoms with E-state index in [0.29, 0.717) is 33.1 Å². The lowest BCUT2D eigenvalue weighted by atomic mass is 10.2. The van der Waals surface area contributed by atoms with Gasteiger partial charge in [-0.25, -0.2) is 0 Å². The first-order chi connectivity index (χ1) is 12.9. The molecule has 3 rings (SSSR count). The number of likely N-dealkylation sites (N-methyl/N-ethyl adjacent to an activating group) is 1. The molecule has 2 aromatic carbocycles. The molecule has 0 saturated carbocycles. The smallest absolute Gasteiger partial charge is 0.266 e. The van der Waals surface area contributed by atoms with Crippen molar-refractivity contribution in [1.29, 1.82) is 0 Å². The summed E-state index contributed by atoms with van der Waals surface area (Å²) in [6.07, 6.45) is 1.84. The number of thiocarbonyl (C=S) groups is 1. The van der Waals surface area contributed by atoms with Crippen molar-refractivity contribution >= 4 is 83.7 Å². The Bertz CT molecular complexity index is 909. The van der Waals surface area contributed by atoms with Crippen molar-refractivity contribution in [1.82, 2.24) is 4.90 Å². The van der Waals surface area contributed by atoms with Crippen LogP contribution in [-0.4, -0.2) is 21.7 Å². The van der Waals surface area contributed by atoms with Gasteiger partial charge in [-0.2, -0.15) is 0 Å². The van der Waals surface area contributed by atoms with Gasteiger partial charge >= 0.3 is 0 Å². The zero-order valence-corrected chi connectivity index (χ0v) is 19.7. The summed E-state index contributed by atoms with van der Waals surface area (Å²) in [5.74, 6) is 0.644. The van der Waals surface area contributed by atoms with Gasteiger partial charge in [0, 0.05) is 11.6 Å². The van der Waals surface area contributed by atoms with Crippen LogP contribution in [0.15, 0.2) is 50.2 Å². The minimum absolute atomic E-state index is 0.0530. The van der Waals surface area contributed by atoms with Gasteiger partial charge in [-0.15, -0.1) is 0 Å². The Hall–Kier alpha value is -0.860. The number of amides is 1. The van der Waals surface area contributed by atoms with Crippen molar-refractivity contribution in [3.05, 3.63) is 66.4 Å². The van der Waals surface area contributed by atoms with Gasteiger partial charge in [0.1, 0.15) is 16.7 Å². The minimum Gasteiger partial charge on any atom is -0.487 e. The Morgan fingerprint density at radius 3 is 2.41 bits per heavy atom. The molecule has 0 spiro atoms. The van der Waals surface area contributed by atoms with Crippen molar-refractivity contribution < 1.29 is 9.53 Å². The van der Waals surface area contributed by atoms with Crippen LogP contribution in [0.5, 0.6) is 5.75 Å². The molecule has 0 N–H and O–H groups in total. The summed E-state index contributed by atoms with van der Waals surface area (Å²) >= 11 is 19.6. The summed E-state index contributed by atoms with van der Waals surface area (Å²) in [4.78, 5) is 14.6. The van der Waals surface area contributed by atoms with Gasteiger partial charge in [0.15, 0.2) is 0 Å². The van der Waals surface area contributed by atoms with Crippen LogP contribution >= 0.6 is 67.4 Å². The number of thioether (sulfide) groups is 1. The van der Waals surface area contributed by atoms with Crippen molar-refractivity contribution in [3.8, 4) is 5.75 Å². The predicted molar refractivity (Wildman–Crippen MR) is 123 cm³/mol. The number of carbonyl (C=O) groups is 1. The van der Waals surface area contributed by atoms with E-state index in [1.807, 2.05) is 49.4 Å². The summed E-state index contributed by atoms with van der Waals surface area (Å²) in [6, 6.07) is 11.4. The maximum Gasteiger partial charge on any atom is 0.266 e. The standard InChI is InChI=1S/C19H14Br2ClNO2S2/c1-2-23-18(24)16(27-19(23)26)9-12-7-14(20)17(15(21)8-12)25-10-11-3-5-13(22)6-4-11/h3-9H,2,10H2,1H3/b16-9-. The maximum atomic E-state index is 12.4. The highest BCUT2D eigenvalue weighted by Gasteiger charge is 2.30. The average Bonchev–Trinajstić information content (AvgIpc) is 2.88. The molecule has 27 heavy (non-hydrogen) atoms. The topological polar surface area (TPSA) is 29.5 Å². The third-order valence-corrected chi connectivity index (χ3v) is 6.61. The first-order valence-electron chi connectivity index (χ1n) is 8.00. The molecule has 1 amide bonds. The molecule has 0 radical (unpaired) electrons. The third-order valence-electron chi connectivity index (χ3n) is 3.80. The number of benzene rings is 2. The number of nitrogens with zero attached hydrogens (tertiary/aromatic N) is 1. The van der Waals surface area contributed by atoms with Gasteiger partial charge in [-0.3, -0.25) is 9.69 Å². The van der Waals surface area contributed by atoms with Gasteiger partial charge in [0.2, 0.25) is 0 Å². The largest absolute Gasteiger partial charge is 0.487 e. The summed E-state index contributed by atoms with van der Waals surface area (Å²) in [5, 5.41) is 0.693. The molecule has 1 aliphatic heterocycles. The third kappa shape index (κ3) is 4.95. The van der Waals surface area contributed by atoms with Crippen LogP contribution in [0.1, 0.15) is 18.1 Å². The number of carbonyl (C=O) groups excluding carboxylic acids is 1. The lowest BCUT2D eigenvalue weighted by Crippen LogP contribution is -2.27. The zero-order valence-electron chi connectivity index (χ0n) is 14.2. The van der Waals surface area contributed by atoms with E-state index < -0.39 is 0 Å². The molecule has 2 aromatic rings. The molecule has 0 atom stereocenters. The number of ether oxygens (including phenoxy) is 1. The Morgan fingerprint density at radius 2 is 1.85 bits per heavy atom. The second-order valence-electron chi connectivity index (χ2n) is 5.65. The Morgan fingerprint density at radius 1 is 1.22 bits per heavy atom. The Balaban J connectivity index is 1.79. The lowest BCUT2D eigenvalue weighted by Gasteiger charge is -2.12. The van der Waals surface area contributed by atoms with Crippen LogP contribution in [0.2, 0.25) is 5.02 Å². The van der Waals surface area contributed by atoms with Crippen LogP contribution in [0.25, 0.3) is 6.08 Å². The molecule has 1 aliphatic rings. The first-order valence-corrected chi connectivity index (χ1v) is 11.2. The second kappa shape index (κ2) is 9.09. The zero-order chi connectivity index (χ0) is 19.6. The summed E-state index contributed by atoms with van der Waals surface area (Å²) in [7, 11) is 0. The molecule has 0 unspecified atom stereocenters. The van der Waals surface area contributed by atoms with Gasteiger partial charge in [-0.05, 0) is 80.3 Å². The quantitative estimate of drug-likeness (QED) is 0.309. The molecule has 0 bridgehead atoms. The van der Waals surface area contributed by atoms with Crippen molar-refractivity contribution in [3.63, 3.8) is 0 Å². The summed E-state index contributed by atoms with van der Waals surface area (Å²) < 4.78 is 8.11. The van der Waals surface area contributed by atoms with E-state index in [-0.39, 0.29) is 5.91 Å². The lowest BCUT2D eigenvalue weighted by molar-refractivity contribution is -0.121. The van der Waals surface area contributed by atoms with E-state index in [1.165, 1.54) is 11.8 Å². The predicted octanol–water partition coefficient (Wildman–Crippen LogP) is 6.67. The van der Waals surface area contributed by atoms with Gasteiger partial charge in [0.25, 0.3) is 5.91 Å². The SMILES string of the molecule is CCN1C(=O)/C(=C/c2cc(Br)c(OCc3ccc(Cl)cc3)c(Br)c2)SC1=S.